The highest BCUT2D eigenvalue weighted by molar-refractivity contribution is 9.10. The summed E-state index contributed by atoms with van der Waals surface area (Å²) in [5, 5.41) is 0.957. The van der Waals surface area contributed by atoms with E-state index in [1.807, 2.05) is 12.1 Å². The van der Waals surface area contributed by atoms with Gasteiger partial charge in [-0.25, -0.2) is 4.98 Å². The van der Waals surface area contributed by atoms with E-state index in [2.05, 4.69) is 25.9 Å². The maximum atomic E-state index is 6.03. The lowest BCUT2D eigenvalue weighted by atomic mass is 10.2. The lowest BCUT2D eigenvalue weighted by Crippen LogP contribution is -1.93. The number of H-pyrrole nitrogens is 1. The van der Waals surface area contributed by atoms with Crippen molar-refractivity contribution in [2.45, 2.75) is 0 Å². The van der Waals surface area contributed by atoms with Gasteiger partial charge in [0.15, 0.2) is 11.5 Å². The number of methoxy groups -OCH3 is 2. The van der Waals surface area contributed by atoms with Crippen LogP contribution in [-0.4, -0.2) is 24.2 Å². The summed E-state index contributed by atoms with van der Waals surface area (Å²) in [6.45, 7) is 0. The van der Waals surface area contributed by atoms with Gasteiger partial charge in [0.05, 0.1) is 39.8 Å². The number of nitrogens with zero attached hydrogens (tertiary/aromatic N) is 1. The number of benzene rings is 2. The van der Waals surface area contributed by atoms with Crippen molar-refractivity contribution in [1.29, 1.82) is 0 Å². The number of hydrogen-bond acceptors (Lipinski definition) is 3. The Hall–Kier alpha value is -1.43. The molecule has 0 aliphatic heterocycles. The fourth-order valence-electron chi connectivity index (χ4n) is 2.20. The molecule has 1 heterocycles. The number of hydrogen-bond donors (Lipinski definition) is 1. The second kappa shape index (κ2) is 5.99. The summed E-state index contributed by atoms with van der Waals surface area (Å²) in [6.07, 6.45) is 0. The van der Waals surface area contributed by atoms with E-state index in [4.69, 9.17) is 32.7 Å². The molecule has 3 rings (SSSR count). The molecule has 22 heavy (non-hydrogen) atoms. The van der Waals surface area contributed by atoms with Crippen LogP contribution in [0.4, 0.5) is 0 Å². The quantitative estimate of drug-likeness (QED) is 0.646. The van der Waals surface area contributed by atoms with Crippen molar-refractivity contribution in [3.8, 4) is 22.9 Å². The minimum atomic E-state index is 0.473. The van der Waals surface area contributed by atoms with Gasteiger partial charge in [0.1, 0.15) is 5.82 Å². The Bertz CT molecular complexity index is 825. The lowest BCUT2D eigenvalue weighted by Gasteiger charge is -2.10. The molecule has 0 unspecified atom stereocenters. The van der Waals surface area contributed by atoms with Crippen molar-refractivity contribution in [2.24, 2.45) is 0 Å². The fraction of sp³-hybridized carbons (Fsp3) is 0.133. The van der Waals surface area contributed by atoms with E-state index in [-0.39, 0.29) is 0 Å². The molecule has 0 fully saturated rings. The van der Waals surface area contributed by atoms with Crippen LogP contribution in [0.15, 0.2) is 28.7 Å². The van der Waals surface area contributed by atoms with E-state index in [1.54, 1.807) is 26.4 Å². The van der Waals surface area contributed by atoms with Crippen LogP contribution in [0.3, 0.4) is 0 Å². The SMILES string of the molecule is COc1cc(-c2nc3cc(Cl)c(Cl)cc3[nH]2)cc(Br)c1OC. The van der Waals surface area contributed by atoms with Gasteiger partial charge >= 0.3 is 0 Å². The van der Waals surface area contributed by atoms with E-state index >= 15 is 0 Å². The predicted octanol–water partition coefficient (Wildman–Crippen LogP) is 5.32. The molecule has 0 spiro atoms. The minimum absolute atomic E-state index is 0.473. The molecular formula is C15H11BrCl2N2O2. The van der Waals surface area contributed by atoms with E-state index < -0.39 is 0 Å². The number of fused-ring (bicyclic) bond motifs is 1. The minimum Gasteiger partial charge on any atom is -0.493 e. The van der Waals surface area contributed by atoms with Gasteiger partial charge in [-0.2, -0.15) is 0 Å². The summed E-state index contributed by atoms with van der Waals surface area (Å²) in [5.41, 5.74) is 2.42. The van der Waals surface area contributed by atoms with Crippen LogP contribution in [0.5, 0.6) is 11.5 Å². The number of ether oxygens (including phenoxy) is 2. The van der Waals surface area contributed by atoms with Crippen LogP contribution in [-0.2, 0) is 0 Å². The second-order valence-corrected chi connectivity index (χ2v) is 6.23. The molecule has 0 aliphatic rings. The Balaban J connectivity index is 2.17. The van der Waals surface area contributed by atoms with E-state index in [9.17, 15) is 0 Å². The Morgan fingerprint density at radius 2 is 1.77 bits per heavy atom. The third kappa shape index (κ3) is 2.64. The van der Waals surface area contributed by atoms with Crippen LogP contribution in [0.1, 0.15) is 0 Å². The highest BCUT2D eigenvalue weighted by Crippen LogP contribution is 2.39. The molecule has 0 radical (unpaired) electrons. The largest absolute Gasteiger partial charge is 0.493 e. The van der Waals surface area contributed by atoms with Gasteiger partial charge in [-0.15, -0.1) is 0 Å². The van der Waals surface area contributed by atoms with Crippen molar-refractivity contribution in [1.82, 2.24) is 9.97 Å². The number of rotatable bonds is 3. The van der Waals surface area contributed by atoms with Crippen molar-refractivity contribution < 1.29 is 9.47 Å². The molecule has 2 aromatic carbocycles. The van der Waals surface area contributed by atoms with Crippen LogP contribution >= 0.6 is 39.1 Å². The number of aromatic amines is 1. The first-order chi connectivity index (χ1) is 10.5. The van der Waals surface area contributed by atoms with E-state index in [0.717, 1.165) is 21.1 Å². The average molecular weight is 402 g/mol. The predicted molar refractivity (Wildman–Crippen MR) is 92.4 cm³/mol. The zero-order chi connectivity index (χ0) is 15.9. The Labute approximate surface area is 145 Å². The average Bonchev–Trinajstić information content (AvgIpc) is 2.89. The first-order valence-corrected chi connectivity index (χ1v) is 7.85. The highest BCUT2D eigenvalue weighted by Gasteiger charge is 2.14. The number of halogens is 3. The van der Waals surface area contributed by atoms with Crippen molar-refractivity contribution in [2.75, 3.05) is 14.2 Å². The topological polar surface area (TPSA) is 47.1 Å². The Kier molecular flexibility index (Phi) is 4.21. The molecule has 0 saturated heterocycles. The summed E-state index contributed by atoms with van der Waals surface area (Å²) in [4.78, 5) is 7.77. The van der Waals surface area contributed by atoms with Crippen molar-refractivity contribution in [3.05, 3.63) is 38.8 Å². The third-order valence-electron chi connectivity index (χ3n) is 3.23. The molecule has 114 valence electrons. The monoisotopic (exact) mass is 400 g/mol. The highest BCUT2D eigenvalue weighted by atomic mass is 79.9. The van der Waals surface area contributed by atoms with Gasteiger partial charge in [0.25, 0.3) is 0 Å². The molecule has 0 saturated carbocycles. The fourth-order valence-corrected chi connectivity index (χ4v) is 3.12. The van der Waals surface area contributed by atoms with E-state index in [1.165, 1.54) is 0 Å². The van der Waals surface area contributed by atoms with Gasteiger partial charge in [0.2, 0.25) is 0 Å². The molecule has 4 nitrogen and oxygen atoms in total. The molecule has 0 atom stereocenters. The molecule has 1 aromatic heterocycles. The van der Waals surface area contributed by atoms with Crippen LogP contribution in [0.25, 0.3) is 22.4 Å². The molecule has 1 N–H and O–H groups in total. The zero-order valence-corrected chi connectivity index (χ0v) is 14.8. The smallest absolute Gasteiger partial charge is 0.174 e. The van der Waals surface area contributed by atoms with Crippen molar-refractivity contribution in [3.63, 3.8) is 0 Å². The molecule has 0 amide bonds. The van der Waals surface area contributed by atoms with Gasteiger partial charge < -0.3 is 14.5 Å². The summed E-state index contributed by atoms with van der Waals surface area (Å²) in [5.74, 6) is 1.94. The standard InChI is InChI=1S/C15H11BrCl2N2O2/c1-21-13-4-7(3-8(16)14(13)22-2)15-19-11-5-9(17)10(18)6-12(11)20-15/h3-6H,1-2H3,(H,19,20). The zero-order valence-electron chi connectivity index (χ0n) is 11.7. The van der Waals surface area contributed by atoms with Gasteiger partial charge in [0, 0.05) is 5.56 Å². The second-order valence-electron chi connectivity index (χ2n) is 4.56. The van der Waals surface area contributed by atoms with Crippen LogP contribution in [0.2, 0.25) is 10.0 Å². The number of aromatic nitrogens is 2. The Morgan fingerprint density at radius 3 is 2.45 bits per heavy atom. The number of nitrogens with one attached hydrogen (secondary N) is 1. The maximum absolute atomic E-state index is 6.03. The molecule has 0 aliphatic carbocycles. The summed E-state index contributed by atoms with van der Waals surface area (Å²) >= 11 is 15.5. The van der Waals surface area contributed by atoms with Gasteiger partial charge in [-0.3, -0.25) is 0 Å². The molecule has 0 bridgehead atoms. The van der Waals surface area contributed by atoms with E-state index in [0.29, 0.717) is 27.4 Å². The summed E-state index contributed by atoms with van der Waals surface area (Å²) < 4.78 is 11.4. The number of imidazole rings is 1. The molecule has 3 aromatic rings. The lowest BCUT2D eigenvalue weighted by molar-refractivity contribution is 0.353. The van der Waals surface area contributed by atoms with Crippen LogP contribution in [0, 0.1) is 0 Å². The van der Waals surface area contributed by atoms with Gasteiger partial charge in [-0.05, 0) is 40.2 Å². The Morgan fingerprint density at radius 1 is 1.05 bits per heavy atom. The molecule has 7 heteroatoms. The summed E-state index contributed by atoms with van der Waals surface area (Å²) in [6, 6.07) is 7.24. The van der Waals surface area contributed by atoms with Crippen molar-refractivity contribution >= 4 is 50.2 Å². The summed E-state index contributed by atoms with van der Waals surface area (Å²) in [7, 11) is 3.18. The first kappa shape index (κ1) is 15.5. The molecular weight excluding hydrogens is 391 g/mol. The van der Waals surface area contributed by atoms with Gasteiger partial charge in [-0.1, -0.05) is 23.2 Å². The normalized spacial score (nSPS) is 11.0. The van der Waals surface area contributed by atoms with Crippen LogP contribution < -0.4 is 9.47 Å². The maximum Gasteiger partial charge on any atom is 0.174 e. The third-order valence-corrected chi connectivity index (χ3v) is 4.54. The first-order valence-electron chi connectivity index (χ1n) is 6.30.